The zero-order valence-electron chi connectivity index (χ0n) is 44.0. The fourth-order valence-corrected chi connectivity index (χ4v) is 9.20. The average molecular weight is 989 g/mol. The standard InChI is InChI=1S/C59H92N2O10/c1-3-5-7-9-11-13-15-17-19-21-23-25-27-29-37-43-53(62)68-47-52(48-69-54(63)44-38-30-28-26-24-22-20-18-16-14-12-10-8-6-4-2)71-56(65)46-45-55(64)70-49-61-57(66)59(60-58(61)67,50-39-33-31-34-40-50)51-41-35-32-36-42-51/h31-36,39-42,52H,3-30,37-38,43-49H2,1-2H3,(H,60,67). The minimum atomic E-state index is -1.52. The number of rotatable bonds is 44. The Balaban J connectivity index is 1.38. The van der Waals surface area contributed by atoms with Gasteiger partial charge in [0.15, 0.2) is 18.4 Å². The van der Waals surface area contributed by atoms with Crippen molar-refractivity contribution in [3.8, 4) is 0 Å². The maximum Gasteiger partial charge on any atom is 0.328 e. The normalized spacial score (nSPS) is 13.1. The number of nitrogens with zero attached hydrogens (tertiary/aromatic N) is 1. The maximum absolute atomic E-state index is 13.9. The number of urea groups is 1. The van der Waals surface area contributed by atoms with E-state index in [0.29, 0.717) is 24.0 Å². The monoisotopic (exact) mass is 989 g/mol. The first-order valence-corrected chi connectivity index (χ1v) is 28.1. The minimum absolute atomic E-state index is 0.235. The van der Waals surface area contributed by atoms with Crippen LogP contribution in [0.3, 0.4) is 0 Å². The van der Waals surface area contributed by atoms with Crippen molar-refractivity contribution in [2.24, 2.45) is 0 Å². The molecule has 1 fully saturated rings. The highest BCUT2D eigenvalue weighted by Crippen LogP contribution is 2.36. The molecule has 0 saturated carbocycles. The molecule has 12 heteroatoms. The van der Waals surface area contributed by atoms with Gasteiger partial charge in [0.2, 0.25) is 0 Å². The topological polar surface area (TPSA) is 155 Å². The molecule has 3 rings (SSSR count). The molecular weight excluding hydrogens is 897 g/mol. The summed E-state index contributed by atoms with van der Waals surface area (Å²) in [6, 6.07) is 16.9. The number of imide groups is 1. The second-order valence-electron chi connectivity index (χ2n) is 19.7. The van der Waals surface area contributed by atoms with E-state index in [1.807, 2.05) is 0 Å². The molecule has 0 atom stereocenters. The van der Waals surface area contributed by atoms with Crippen LogP contribution in [0.2, 0.25) is 0 Å². The van der Waals surface area contributed by atoms with E-state index >= 15 is 0 Å². The van der Waals surface area contributed by atoms with Crippen molar-refractivity contribution in [2.75, 3.05) is 19.9 Å². The van der Waals surface area contributed by atoms with Gasteiger partial charge in [0.05, 0.1) is 12.8 Å². The second kappa shape index (κ2) is 38.9. The number of hydrogen-bond donors (Lipinski definition) is 1. The van der Waals surface area contributed by atoms with Crippen LogP contribution in [-0.2, 0) is 48.5 Å². The summed E-state index contributed by atoms with van der Waals surface area (Å²) >= 11 is 0. The molecule has 71 heavy (non-hydrogen) atoms. The average Bonchev–Trinajstić information content (AvgIpc) is 3.64. The van der Waals surface area contributed by atoms with E-state index in [2.05, 4.69) is 19.2 Å². The summed E-state index contributed by atoms with van der Waals surface area (Å²) in [7, 11) is 0. The molecule has 398 valence electrons. The van der Waals surface area contributed by atoms with Crippen molar-refractivity contribution in [1.29, 1.82) is 0 Å². The lowest BCUT2D eigenvalue weighted by Gasteiger charge is -2.27. The zero-order chi connectivity index (χ0) is 51.0. The second-order valence-corrected chi connectivity index (χ2v) is 19.7. The largest absolute Gasteiger partial charge is 0.462 e. The summed E-state index contributed by atoms with van der Waals surface area (Å²) in [5, 5.41) is 2.80. The third-order valence-corrected chi connectivity index (χ3v) is 13.5. The molecule has 12 nitrogen and oxygen atoms in total. The lowest BCUT2D eigenvalue weighted by atomic mass is 9.83. The summed E-state index contributed by atoms with van der Waals surface area (Å²) in [5.74, 6) is -3.07. The Morgan fingerprint density at radius 3 is 1.13 bits per heavy atom. The first kappa shape index (κ1) is 60.6. The van der Waals surface area contributed by atoms with E-state index in [1.54, 1.807) is 60.7 Å². The van der Waals surface area contributed by atoms with Crippen LogP contribution in [0.1, 0.15) is 243 Å². The first-order valence-electron chi connectivity index (χ1n) is 28.1. The Hall–Kier alpha value is -4.74. The Bertz CT molecular complexity index is 1670. The SMILES string of the molecule is CCCCCCCCCCCCCCCCCC(=O)OCC(COC(=O)CCCCCCCCCCCCCCCCC)OC(=O)CCC(=O)OCN1C(=O)NC(c2ccccc2)(c2ccccc2)C1=O. The van der Waals surface area contributed by atoms with Crippen molar-refractivity contribution in [3.05, 3.63) is 71.8 Å². The molecule has 1 heterocycles. The summed E-state index contributed by atoms with van der Waals surface area (Å²) in [4.78, 5) is 79.3. The highest BCUT2D eigenvalue weighted by molar-refractivity contribution is 6.09. The zero-order valence-corrected chi connectivity index (χ0v) is 44.0. The molecular formula is C59H92N2O10. The van der Waals surface area contributed by atoms with E-state index < -0.39 is 67.0 Å². The molecule has 1 aliphatic heterocycles. The number of carbonyl (C=O) groups is 6. The van der Waals surface area contributed by atoms with Crippen LogP contribution in [-0.4, -0.2) is 66.8 Å². The van der Waals surface area contributed by atoms with E-state index in [-0.39, 0.29) is 26.1 Å². The molecule has 0 unspecified atom stereocenters. The molecule has 0 bridgehead atoms. The summed E-state index contributed by atoms with van der Waals surface area (Å²) < 4.78 is 21.9. The van der Waals surface area contributed by atoms with Crippen LogP contribution in [0.15, 0.2) is 60.7 Å². The summed E-state index contributed by atoms with van der Waals surface area (Å²) in [6.45, 7) is 3.26. The number of benzene rings is 2. The Kier molecular flexibility index (Phi) is 33.2. The van der Waals surface area contributed by atoms with Crippen molar-refractivity contribution in [3.63, 3.8) is 0 Å². The Labute approximate surface area is 427 Å². The van der Waals surface area contributed by atoms with Crippen LogP contribution >= 0.6 is 0 Å². The van der Waals surface area contributed by atoms with Gasteiger partial charge < -0.3 is 24.3 Å². The van der Waals surface area contributed by atoms with Gasteiger partial charge in [0, 0.05) is 12.8 Å². The highest BCUT2D eigenvalue weighted by atomic mass is 16.6. The Morgan fingerprint density at radius 2 is 0.761 bits per heavy atom. The summed E-state index contributed by atoms with van der Waals surface area (Å²) in [6.07, 6.45) is 35.3. The van der Waals surface area contributed by atoms with Gasteiger partial charge in [-0.05, 0) is 24.0 Å². The fourth-order valence-electron chi connectivity index (χ4n) is 9.20. The van der Waals surface area contributed by atoms with Gasteiger partial charge in [0.25, 0.3) is 5.91 Å². The van der Waals surface area contributed by atoms with E-state index in [4.69, 9.17) is 18.9 Å². The van der Waals surface area contributed by atoms with Crippen molar-refractivity contribution in [2.45, 2.75) is 244 Å². The molecule has 2 aromatic rings. The maximum atomic E-state index is 13.9. The number of carbonyl (C=O) groups excluding carboxylic acids is 6. The van der Waals surface area contributed by atoms with E-state index in [9.17, 15) is 28.8 Å². The van der Waals surface area contributed by atoms with Crippen LogP contribution < -0.4 is 5.32 Å². The van der Waals surface area contributed by atoms with Gasteiger partial charge in [-0.1, -0.05) is 254 Å². The number of hydrogen-bond acceptors (Lipinski definition) is 10. The number of esters is 4. The summed E-state index contributed by atoms with van der Waals surface area (Å²) in [5.41, 5.74) is -0.431. The molecule has 2 aromatic carbocycles. The third kappa shape index (κ3) is 26.0. The molecule has 1 saturated heterocycles. The number of unbranched alkanes of at least 4 members (excludes halogenated alkanes) is 28. The van der Waals surface area contributed by atoms with Crippen LogP contribution in [0.25, 0.3) is 0 Å². The first-order chi connectivity index (χ1) is 34.7. The lowest BCUT2D eigenvalue weighted by Crippen LogP contribution is -2.45. The van der Waals surface area contributed by atoms with Crippen LogP contribution in [0.5, 0.6) is 0 Å². The van der Waals surface area contributed by atoms with Gasteiger partial charge >= 0.3 is 29.9 Å². The number of amides is 3. The van der Waals surface area contributed by atoms with Gasteiger partial charge in [-0.25, -0.2) is 9.69 Å². The molecule has 0 radical (unpaired) electrons. The van der Waals surface area contributed by atoms with Crippen LogP contribution in [0.4, 0.5) is 4.79 Å². The quantitative estimate of drug-likeness (QED) is 0.0294. The van der Waals surface area contributed by atoms with Crippen molar-refractivity contribution in [1.82, 2.24) is 10.2 Å². The molecule has 3 amide bonds. The molecule has 1 N–H and O–H groups in total. The molecule has 0 aromatic heterocycles. The van der Waals surface area contributed by atoms with Gasteiger partial charge in [-0.15, -0.1) is 0 Å². The van der Waals surface area contributed by atoms with Gasteiger partial charge in [-0.2, -0.15) is 0 Å². The molecule has 1 aliphatic rings. The lowest BCUT2D eigenvalue weighted by molar-refractivity contribution is -0.167. The third-order valence-electron chi connectivity index (χ3n) is 13.5. The van der Waals surface area contributed by atoms with E-state index in [1.165, 1.54) is 141 Å². The smallest absolute Gasteiger partial charge is 0.328 e. The highest BCUT2D eigenvalue weighted by Gasteiger charge is 2.54. The number of nitrogens with one attached hydrogen (secondary N) is 1. The minimum Gasteiger partial charge on any atom is -0.462 e. The predicted molar refractivity (Wildman–Crippen MR) is 280 cm³/mol. The number of ether oxygens (including phenoxy) is 4. The molecule has 0 aliphatic carbocycles. The van der Waals surface area contributed by atoms with Crippen LogP contribution in [0, 0.1) is 0 Å². The Morgan fingerprint density at radius 1 is 0.437 bits per heavy atom. The fraction of sp³-hybridized carbons (Fsp3) is 0.695. The van der Waals surface area contributed by atoms with Gasteiger partial charge in [-0.3, -0.25) is 24.0 Å². The van der Waals surface area contributed by atoms with Crippen molar-refractivity contribution >= 4 is 35.8 Å². The predicted octanol–water partition coefficient (Wildman–Crippen LogP) is 14.3. The molecule has 0 spiro atoms. The van der Waals surface area contributed by atoms with E-state index in [0.717, 1.165) is 43.4 Å². The van der Waals surface area contributed by atoms with Crippen molar-refractivity contribution < 1.29 is 47.7 Å². The van der Waals surface area contributed by atoms with Gasteiger partial charge in [0.1, 0.15) is 13.2 Å².